The maximum absolute atomic E-state index is 12.4. The molecular weight excluding hydrogens is 304 g/mol. The number of hydrogen-bond donors (Lipinski definition) is 1. The summed E-state index contributed by atoms with van der Waals surface area (Å²) in [5.74, 6) is 0.376. The van der Waals surface area contributed by atoms with Crippen molar-refractivity contribution in [3.8, 4) is 0 Å². The summed E-state index contributed by atoms with van der Waals surface area (Å²) >= 11 is 0. The van der Waals surface area contributed by atoms with E-state index in [0.717, 1.165) is 16.9 Å². The predicted octanol–water partition coefficient (Wildman–Crippen LogP) is 2.56. The van der Waals surface area contributed by atoms with E-state index in [0.29, 0.717) is 19.6 Å². The van der Waals surface area contributed by atoms with Crippen LogP contribution in [0.25, 0.3) is 0 Å². The lowest BCUT2D eigenvalue weighted by molar-refractivity contribution is -0.129. The maximum Gasteiger partial charge on any atom is 0.225 e. The zero-order chi connectivity index (χ0) is 17.1. The van der Waals surface area contributed by atoms with Crippen molar-refractivity contribution in [2.24, 2.45) is 5.92 Å². The van der Waals surface area contributed by atoms with Gasteiger partial charge in [0.1, 0.15) is 5.76 Å². The fourth-order valence-electron chi connectivity index (χ4n) is 3.06. The van der Waals surface area contributed by atoms with Crippen LogP contribution in [-0.4, -0.2) is 23.3 Å². The van der Waals surface area contributed by atoms with E-state index in [4.69, 9.17) is 4.42 Å². The van der Waals surface area contributed by atoms with E-state index >= 15 is 0 Å². The molecule has 5 nitrogen and oxygen atoms in total. The molecule has 1 fully saturated rings. The van der Waals surface area contributed by atoms with Crippen molar-refractivity contribution in [1.29, 1.82) is 0 Å². The Morgan fingerprint density at radius 1 is 1.33 bits per heavy atom. The molecular formula is C19H22N2O3. The van der Waals surface area contributed by atoms with Gasteiger partial charge in [0.2, 0.25) is 11.8 Å². The molecule has 0 radical (unpaired) electrons. The summed E-state index contributed by atoms with van der Waals surface area (Å²) < 4.78 is 5.27. The smallest absolute Gasteiger partial charge is 0.225 e. The molecule has 2 heterocycles. The third kappa shape index (κ3) is 3.67. The number of furan rings is 1. The Kier molecular flexibility index (Phi) is 4.69. The summed E-state index contributed by atoms with van der Waals surface area (Å²) in [6.45, 7) is 5.45. The number of nitrogens with zero attached hydrogens (tertiary/aromatic N) is 1. The standard InChI is InChI=1S/C19H22N2O3/c1-13-5-6-15(14(2)8-13)10-20-19(23)16-9-18(22)21(11-16)12-17-4-3-7-24-17/h3-8,16H,9-12H2,1-2H3,(H,20,23)/t16-/m0/s1. The summed E-state index contributed by atoms with van der Waals surface area (Å²) in [5.41, 5.74) is 3.47. The molecule has 1 aromatic carbocycles. The SMILES string of the molecule is Cc1ccc(CNC(=O)[C@H]2CC(=O)N(Cc3ccco3)C2)c(C)c1. The molecule has 1 aromatic heterocycles. The lowest BCUT2D eigenvalue weighted by Gasteiger charge is -2.15. The van der Waals surface area contributed by atoms with E-state index < -0.39 is 0 Å². The molecule has 1 saturated heterocycles. The first-order valence-electron chi connectivity index (χ1n) is 8.17. The van der Waals surface area contributed by atoms with Crippen LogP contribution in [0.4, 0.5) is 0 Å². The zero-order valence-corrected chi connectivity index (χ0v) is 14.0. The summed E-state index contributed by atoms with van der Waals surface area (Å²) in [6.07, 6.45) is 1.85. The molecule has 0 bridgehead atoms. The van der Waals surface area contributed by atoms with Gasteiger partial charge in [-0.2, -0.15) is 0 Å². The highest BCUT2D eigenvalue weighted by Crippen LogP contribution is 2.21. The van der Waals surface area contributed by atoms with Gasteiger partial charge in [-0.05, 0) is 37.1 Å². The molecule has 0 saturated carbocycles. The number of hydrogen-bond acceptors (Lipinski definition) is 3. The van der Waals surface area contributed by atoms with E-state index in [2.05, 4.69) is 11.4 Å². The molecule has 3 rings (SSSR count). The Hall–Kier alpha value is -2.56. The highest BCUT2D eigenvalue weighted by Gasteiger charge is 2.34. The van der Waals surface area contributed by atoms with Gasteiger partial charge in [-0.25, -0.2) is 0 Å². The number of nitrogens with one attached hydrogen (secondary N) is 1. The number of rotatable bonds is 5. The number of likely N-dealkylation sites (tertiary alicyclic amines) is 1. The lowest BCUT2D eigenvalue weighted by atomic mass is 10.0. The minimum atomic E-state index is -0.293. The van der Waals surface area contributed by atoms with Gasteiger partial charge in [0.15, 0.2) is 0 Å². The monoisotopic (exact) mass is 326 g/mol. The molecule has 1 atom stereocenters. The highest BCUT2D eigenvalue weighted by molar-refractivity contribution is 5.89. The molecule has 1 N–H and O–H groups in total. The van der Waals surface area contributed by atoms with Gasteiger partial charge in [-0.15, -0.1) is 0 Å². The second kappa shape index (κ2) is 6.91. The second-order valence-electron chi connectivity index (χ2n) is 6.40. The summed E-state index contributed by atoms with van der Waals surface area (Å²) in [6, 6.07) is 9.81. The van der Waals surface area contributed by atoms with Crippen molar-refractivity contribution in [1.82, 2.24) is 10.2 Å². The van der Waals surface area contributed by atoms with Crippen LogP contribution in [0.2, 0.25) is 0 Å². The zero-order valence-electron chi connectivity index (χ0n) is 14.0. The molecule has 1 aliphatic rings. The topological polar surface area (TPSA) is 62.6 Å². The van der Waals surface area contributed by atoms with Crippen LogP contribution >= 0.6 is 0 Å². The largest absolute Gasteiger partial charge is 0.467 e. The van der Waals surface area contributed by atoms with E-state index in [1.807, 2.05) is 32.0 Å². The van der Waals surface area contributed by atoms with Crippen LogP contribution in [0, 0.1) is 19.8 Å². The molecule has 0 unspecified atom stereocenters. The second-order valence-corrected chi connectivity index (χ2v) is 6.40. The summed E-state index contributed by atoms with van der Waals surface area (Å²) in [5, 5.41) is 2.96. The van der Waals surface area contributed by atoms with Gasteiger partial charge < -0.3 is 14.6 Å². The van der Waals surface area contributed by atoms with Gasteiger partial charge >= 0.3 is 0 Å². The van der Waals surface area contributed by atoms with Gasteiger partial charge in [-0.1, -0.05) is 23.8 Å². The Balaban J connectivity index is 1.55. The Labute approximate surface area is 141 Å². The molecule has 24 heavy (non-hydrogen) atoms. The van der Waals surface area contributed by atoms with Crippen molar-refractivity contribution in [2.75, 3.05) is 6.54 Å². The maximum atomic E-state index is 12.4. The normalized spacial score (nSPS) is 17.3. The number of amides is 2. The molecule has 1 aliphatic heterocycles. The first-order chi connectivity index (χ1) is 11.5. The average Bonchev–Trinajstić information content (AvgIpc) is 3.17. The van der Waals surface area contributed by atoms with Gasteiger partial charge in [0, 0.05) is 19.5 Å². The molecule has 2 aromatic rings. The first kappa shape index (κ1) is 16.3. The van der Waals surface area contributed by atoms with Crippen molar-refractivity contribution < 1.29 is 14.0 Å². The molecule has 0 aliphatic carbocycles. The van der Waals surface area contributed by atoms with Crippen molar-refractivity contribution in [2.45, 2.75) is 33.4 Å². The average molecular weight is 326 g/mol. The number of benzene rings is 1. The Morgan fingerprint density at radius 2 is 2.17 bits per heavy atom. The van der Waals surface area contributed by atoms with Crippen LogP contribution in [0.3, 0.4) is 0 Å². The minimum absolute atomic E-state index is 0.00179. The van der Waals surface area contributed by atoms with Gasteiger partial charge in [0.25, 0.3) is 0 Å². The number of aryl methyl sites for hydroxylation is 2. The van der Waals surface area contributed by atoms with Crippen molar-refractivity contribution in [3.63, 3.8) is 0 Å². The van der Waals surface area contributed by atoms with Crippen LogP contribution in [0.1, 0.15) is 28.9 Å². The van der Waals surface area contributed by atoms with Crippen LogP contribution in [0.15, 0.2) is 41.0 Å². The van der Waals surface area contributed by atoms with Crippen molar-refractivity contribution in [3.05, 3.63) is 59.0 Å². The third-order valence-corrected chi connectivity index (χ3v) is 4.46. The first-order valence-corrected chi connectivity index (χ1v) is 8.17. The Bertz CT molecular complexity index is 737. The summed E-state index contributed by atoms with van der Waals surface area (Å²) in [7, 11) is 0. The Morgan fingerprint density at radius 3 is 2.88 bits per heavy atom. The fourth-order valence-corrected chi connectivity index (χ4v) is 3.06. The van der Waals surface area contributed by atoms with Gasteiger partial charge in [0.05, 0.1) is 18.7 Å². The number of carbonyl (C=O) groups excluding carboxylic acids is 2. The highest BCUT2D eigenvalue weighted by atomic mass is 16.3. The van der Waals surface area contributed by atoms with E-state index in [1.54, 1.807) is 17.2 Å². The van der Waals surface area contributed by atoms with Crippen molar-refractivity contribution >= 4 is 11.8 Å². The van der Waals surface area contributed by atoms with Gasteiger partial charge in [-0.3, -0.25) is 9.59 Å². The summed E-state index contributed by atoms with van der Waals surface area (Å²) in [4.78, 5) is 26.1. The molecule has 126 valence electrons. The van der Waals surface area contributed by atoms with Crippen LogP contribution in [-0.2, 0) is 22.7 Å². The minimum Gasteiger partial charge on any atom is -0.467 e. The van der Waals surface area contributed by atoms with Crippen LogP contribution in [0.5, 0.6) is 0 Å². The molecule has 5 heteroatoms. The predicted molar refractivity (Wildman–Crippen MR) is 90.0 cm³/mol. The molecule has 2 amide bonds. The van der Waals surface area contributed by atoms with E-state index in [9.17, 15) is 9.59 Å². The number of carbonyl (C=O) groups is 2. The molecule has 0 spiro atoms. The van der Waals surface area contributed by atoms with E-state index in [1.165, 1.54) is 5.56 Å². The third-order valence-electron chi connectivity index (χ3n) is 4.46. The quantitative estimate of drug-likeness (QED) is 0.918. The van der Waals surface area contributed by atoms with E-state index in [-0.39, 0.29) is 24.2 Å². The fraction of sp³-hybridized carbons (Fsp3) is 0.368. The lowest BCUT2D eigenvalue weighted by Crippen LogP contribution is -2.32. The van der Waals surface area contributed by atoms with Crippen LogP contribution < -0.4 is 5.32 Å².